The predicted molar refractivity (Wildman–Crippen MR) is 60.8 cm³/mol. The Kier molecular flexibility index (Phi) is 3.20. The molecule has 0 saturated carbocycles. The highest BCUT2D eigenvalue weighted by Gasteiger charge is 2.10. The first-order valence-electron chi connectivity index (χ1n) is 5.02. The second-order valence-corrected chi connectivity index (χ2v) is 3.57. The van der Waals surface area contributed by atoms with Crippen molar-refractivity contribution in [1.82, 2.24) is 0 Å². The second kappa shape index (κ2) is 4.80. The third-order valence-electron chi connectivity index (χ3n) is 2.26. The van der Waals surface area contributed by atoms with Gasteiger partial charge in [0.05, 0.1) is 11.6 Å². The van der Waals surface area contributed by atoms with Crippen molar-refractivity contribution in [2.24, 2.45) is 0 Å². The van der Waals surface area contributed by atoms with Crippen molar-refractivity contribution in [2.45, 2.75) is 0 Å². The molecule has 0 amide bonds. The molecule has 90 valence electrons. The zero-order valence-corrected chi connectivity index (χ0v) is 9.05. The van der Waals surface area contributed by atoms with Crippen LogP contribution in [0, 0.1) is 28.8 Å². The molecule has 0 bridgehead atoms. The quantitative estimate of drug-likeness (QED) is 0.822. The van der Waals surface area contributed by atoms with E-state index in [1.165, 1.54) is 6.07 Å². The molecule has 18 heavy (non-hydrogen) atoms. The van der Waals surface area contributed by atoms with Gasteiger partial charge in [-0.1, -0.05) is 6.07 Å². The van der Waals surface area contributed by atoms with Gasteiger partial charge < -0.3 is 5.32 Å². The average molecular weight is 248 g/mol. The van der Waals surface area contributed by atoms with Crippen LogP contribution in [0.5, 0.6) is 0 Å². The smallest absolute Gasteiger partial charge is 0.194 e. The number of nitrogens with zero attached hydrogens (tertiary/aromatic N) is 1. The van der Waals surface area contributed by atoms with Gasteiger partial charge in [-0.25, -0.2) is 13.2 Å². The van der Waals surface area contributed by atoms with Gasteiger partial charge in [0.2, 0.25) is 0 Å². The minimum Gasteiger partial charge on any atom is -0.355 e. The van der Waals surface area contributed by atoms with Crippen molar-refractivity contribution in [1.29, 1.82) is 5.26 Å². The number of nitrogens with one attached hydrogen (secondary N) is 1. The molecular weight excluding hydrogens is 241 g/mol. The number of benzene rings is 2. The molecule has 5 heteroatoms. The summed E-state index contributed by atoms with van der Waals surface area (Å²) in [6.45, 7) is 0. The van der Waals surface area contributed by atoms with Crippen molar-refractivity contribution in [3.8, 4) is 6.07 Å². The van der Waals surface area contributed by atoms with Gasteiger partial charge in [0.1, 0.15) is 0 Å². The number of anilines is 2. The van der Waals surface area contributed by atoms with E-state index in [-0.39, 0.29) is 5.69 Å². The highest BCUT2D eigenvalue weighted by Crippen LogP contribution is 2.21. The summed E-state index contributed by atoms with van der Waals surface area (Å²) in [5.41, 5.74) is 0.962. The van der Waals surface area contributed by atoms with Crippen molar-refractivity contribution < 1.29 is 13.2 Å². The van der Waals surface area contributed by atoms with Crippen molar-refractivity contribution >= 4 is 11.4 Å². The number of hydrogen-bond acceptors (Lipinski definition) is 2. The Labute approximate surface area is 101 Å². The first kappa shape index (κ1) is 12.0. The maximum absolute atomic E-state index is 13.0. The predicted octanol–water partition coefficient (Wildman–Crippen LogP) is 3.72. The van der Waals surface area contributed by atoms with E-state index >= 15 is 0 Å². The van der Waals surface area contributed by atoms with Gasteiger partial charge in [-0.05, 0) is 18.2 Å². The van der Waals surface area contributed by atoms with Crippen LogP contribution < -0.4 is 5.32 Å². The van der Waals surface area contributed by atoms with Gasteiger partial charge in [0.25, 0.3) is 0 Å². The van der Waals surface area contributed by atoms with Crippen LogP contribution in [0.1, 0.15) is 5.56 Å². The molecule has 2 rings (SSSR count). The molecule has 2 aromatic rings. The van der Waals surface area contributed by atoms with E-state index in [1.54, 1.807) is 18.2 Å². The molecular formula is C13H7F3N2. The lowest BCUT2D eigenvalue weighted by Gasteiger charge is -2.07. The number of hydrogen-bond donors (Lipinski definition) is 1. The van der Waals surface area contributed by atoms with E-state index in [9.17, 15) is 13.2 Å². The third-order valence-corrected chi connectivity index (χ3v) is 2.26. The lowest BCUT2D eigenvalue weighted by atomic mass is 10.2. The third kappa shape index (κ3) is 2.43. The normalized spacial score (nSPS) is 9.89. The topological polar surface area (TPSA) is 35.8 Å². The molecule has 2 aromatic carbocycles. The Balaban J connectivity index is 2.32. The molecule has 0 unspecified atom stereocenters. The van der Waals surface area contributed by atoms with Crippen LogP contribution in [0.3, 0.4) is 0 Å². The lowest BCUT2D eigenvalue weighted by Crippen LogP contribution is -1.96. The fourth-order valence-corrected chi connectivity index (χ4v) is 1.46. The molecule has 0 radical (unpaired) electrons. The molecule has 0 heterocycles. The van der Waals surface area contributed by atoms with Gasteiger partial charge in [0.15, 0.2) is 17.5 Å². The molecule has 0 atom stereocenters. The largest absolute Gasteiger partial charge is 0.355 e. The lowest BCUT2D eigenvalue weighted by molar-refractivity contribution is 0.448. The molecule has 0 aliphatic carbocycles. The molecule has 2 nitrogen and oxygen atoms in total. The first-order chi connectivity index (χ1) is 8.60. The fraction of sp³-hybridized carbons (Fsp3) is 0. The number of nitriles is 1. The van der Waals surface area contributed by atoms with E-state index in [4.69, 9.17) is 5.26 Å². The summed E-state index contributed by atoms with van der Waals surface area (Å²) >= 11 is 0. The van der Waals surface area contributed by atoms with Gasteiger partial charge >= 0.3 is 0 Å². The van der Waals surface area contributed by atoms with Crippen LogP contribution in [0.4, 0.5) is 24.5 Å². The molecule has 0 aromatic heterocycles. The van der Waals surface area contributed by atoms with Crippen molar-refractivity contribution in [2.75, 3.05) is 5.32 Å². The van der Waals surface area contributed by atoms with Crippen LogP contribution in [-0.4, -0.2) is 0 Å². The zero-order valence-electron chi connectivity index (χ0n) is 9.05. The van der Waals surface area contributed by atoms with E-state index in [2.05, 4.69) is 5.32 Å². The molecule has 0 aliphatic rings. The Morgan fingerprint density at radius 1 is 0.944 bits per heavy atom. The average Bonchev–Trinajstić information content (AvgIpc) is 2.36. The van der Waals surface area contributed by atoms with Crippen molar-refractivity contribution in [3.05, 3.63) is 59.4 Å². The molecule has 0 fully saturated rings. The first-order valence-corrected chi connectivity index (χ1v) is 5.02. The van der Waals surface area contributed by atoms with Gasteiger partial charge in [-0.3, -0.25) is 0 Å². The SMILES string of the molecule is N#Cc1cccc(Nc2cc(F)c(F)c(F)c2)c1. The summed E-state index contributed by atoms with van der Waals surface area (Å²) in [5, 5.41) is 11.4. The highest BCUT2D eigenvalue weighted by atomic mass is 19.2. The Bertz CT molecular complexity index is 609. The molecule has 0 spiro atoms. The van der Waals surface area contributed by atoms with Crippen LogP contribution >= 0.6 is 0 Å². The Hall–Kier alpha value is -2.48. The minimum absolute atomic E-state index is 0.0708. The minimum atomic E-state index is -1.51. The second-order valence-electron chi connectivity index (χ2n) is 3.57. The van der Waals surface area contributed by atoms with Crippen molar-refractivity contribution in [3.63, 3.8) is 0 Å². The number of rotatable bonds is 2. The summed E-state index contributed by atoms with van der Waals surface area (Å²) in [7, 11) is 0. The number of halogens is 3. The van der Waals surface area contributed by atoms with E-state index in [1.807, 2.05) is 6.07 Å². The van der Waals surface area contributed by atoms with E-state index < -0.39 is 17.5 Å². The summed E-state index contributed by atoms with van der Waals surface area (Å²) in [6, 6.07) is 9.98. The molecule has 0 aliphatic heterocycles. The summed E-state index contributed by atoms with van der Waals surface area (Å²) in [6.07, 6.45) is 0. The van der Waals surface area contributed by atoms with Crippen LogP contribution in [0.25, 0.3) is 0 Å². The zero-order chi connectivity index (χ0) is 13.1. The van der Waals surface area contributed by atoms with Gasteiger partial charge in [-0.15, -0.1) is 0 Å². The molecule has 0 saturated heterocycles. The molecule has 1 N–H and O–H groups in total. The summed E-state index contributed by atoms with van der Waals surface area (Å²) in [5.74, 6) is -4.05. The maximum atomic E-state index is 13.0. The maximum Gasteiger partial charge on any atom is 0.194 e. The Morgan fingerprint density at radius 2 is 1.61 bits per heavy atom. The fourth-order valence-electron chi connectivity index (χ4n) is 1.46. The van der Waals surface area contributed by atoms with E-state index in [0.717, 1.165) is 12.1 Å². The van der Waals surface area contributed by atoms with E-state index in [0.29, 0.717) is 11.3 Å². The van der Waals surface area contributed by atoms with Gasteiger partial charge in [0, 0.05) is 23.5 Å². The van der Waals surface area contributed by atoms with Crippen LogP contribution in [0.2, 0.25) is 0 Å². The standard InChI is InChI=1S/C13H7F3N2/c14-11-5-10(6-12(15)13(11)16)18-9-3-1-2-8(4-9)7-17/h1-6,18H. The van der Waals surface area contributed by atoms with Crippen LogP contribution in [-0.2, 0) is 0 Å². The summed E-state index contributed by atoms with van der Waals surface area (Å²) in [4.78, 5) is 0. The monoisotopic (exact) mass is 248 g/mol. The highest BCUT2D eigenvalue weighted by molar-refractivity contribution is 5.61. The van der Waals surface area contributed by atoms with Crippen LogP contribution in [0.15, 0.2) is 36.4 Å². The Morgan fingerprint density at radius 3 is 2.22 bits per heavy atom. The summed E-state index contributed by atoms with van der Waals surface area (Å²) < 4.78 is 38.7. The van der Waals surface area contributed by atoms with Gasteiger partial charge in [-0.2, -0.15) is 5.26 Å².